The highest BCUT2D eigenvalue weighted by molar-refractivity contribution is 7.18. The minimum atomic E-state index is -0.221. The van der Waals surface area contributed by atoms with Gasteiger partial charge in [0, 0.05) is 5.02 Å². The van der Waals surface area contributed by atoms with Gasteiger partial charge in [0.05, 0.1) is 16.3 Å². The second kappa shape index (κ2) is 4.69. The molecule has 2 N–H and O–H groups in total. The Kier molecular flexibility index (Phi) is 3.04. The van der Waals surface area contributed by atoms with Crippen LogP contribution in [0.3, 0.4) is 0 Å². The number of para-hydroxylation sites is 1. The Bertz CT molecular complexity index is 660. The number of hydrogen-bond donors (Lipinski definition) is 1. The van der Waals surface area contributed by atoms with Gasteiger partial charge in [-0.1, -0.05) is 35.9 Å². The minimum Gasteiger partial charge on any atom is -0.318 e. The lowest BCUT2D eigenvalue weighted by molar-refractivity contribution is 0.862. The average molecular weight is 275 g/mol. The molecule has 3 rings (SSSR count). The summed E-state index contributed by atoms with van der Waals surface area (Å²) in [4.78, 5) is 4.57. The van der Waals surface area contributed by atoms with E-state index in [1.54, 1.807) is 11.3 Å². The maximum atomic E-state index is 6.24. The van der Waals surface area contributed by atoms with Crippen molar-refractivity contribution in [3.05, 3.63) is 64.1 Å². The molecule has 1 aromatic heterocycles. The molecule has 18 heavy (non-hydrogen) atoms. The van der Waals surface area contributed by atoms with Gasteiger partial charge in [0.1, 0.15) is 5.01 Å². The van der Waals surface area contributed by atoms with Crippen LogP contribution < -0.4 is 5.73 Å². The maximum absolute atomic E-state index is 6.24. The lowest BCUT2D eigenvalue weighted by Gasteiger charge is -2.08. The molecule has 0 saturated carbocycles. The van der Waals surface area contributed by atoms with E-state index in [4.69, 9.17) is 17.3 Å². The normalized spacial score (nSPS) is 12.8. The Morgan fingerprint density at radius 1 is 1.11 bits per heavy atom. The fourth-order valence-electron chi connectivity index (χ4n) is 1.87. The van der Waals surface area contributed by atoms with E-state index in [0.717, 1.165) is 20.8 Å². The maximum Gasteiger partial charge on any atom is 0.115 e. The van der Waals surface area contributed by atoms with Crippen molar-refractivity contribution >= 4 is 33.2 Å². The van der Waals surface area contributed by atoms with Crippen molar-refractivity contribution < 1.29 is 0 Å². The SMILES string of the molecule is NC(c1cccc(Cl)c1)c1nc2ccccc2s1. The summed E-state index contributed by atoms with van der Waals surface area (Å²) in [5, 5.41) is 1.61. The average Bonchev–Trinajstić information content (AvgIpc) is 2.81. The monoisotopic (exact) mass is 274 g/mol. The van der Waals surface area contributed by atoms with Crippen LogP contribution >= 0.6 is 22.9 Å². The highest BCUT2D eigenvalue weighted by atomic mass is 35.5. The zero-order chi connectivity index (χ0) is 12.5. The summed E-state index contributed by atoms with van der Waals surface area (Å²) >= 11 is 7.61. The second-order valence-corrected chi connectivity index (χ2v) is 5.55. The molecule has 90 valence electrons. The van der Waals surface area contributed by atoms with E-state index in [2.05, 4.69) is 11.1 Å². The summed E-state index contributed by atoms with van der Waals surface area (Å²) in [7, 11) is 0. The first kappa shape index (κ1) is 11.7. The van der Waals surface area contributed by atoms with Crippen molar-refractivity contribution in [3.63, 3.8) is 0 Å². The van der Waals surface area contributed by atoms with Gasteiger partial charge in [-0.15, -0.1) is 11.3 Å². The zero-order valence-corrected chi connectivity index (χ0v) is 11.1. The zero-order valence-electron chi connectivity index (χ0n) is 9.51. The minimum absolute atomic E-state index is 0.221. The van der Waals surface area contributed by atoms with Gasteiger partial charge in [0.25, 0.3) is 0 Å². The van der Waals surface area contributed by atoms with Gasteiger partial charge in [-0.3, -0.25) is 0 Å². The predicted octanol–water partition coefficient (Wildman–Crippen LogP) is 4.00. The van der Waals surface area contributed by atoms with Crippen LogP contribution in [0.25, 0.3) is 10.2 Å². The van der Waals surface area contributed by atoms with E-state index in [-0.39, 0.29) is 6.04 Å². The highest BCUT2D eigenvalue weighted by Crippen LogP contribution is 2.29. The smallest absolute Gasteiger partial charge is 0.115 e. The molecule has 2 nitrogen and oxygen atoms in total. The highest BCUT2D eigenvalue weighted by Gasteiger charge is 2.14. The summed E-state index contributed by atoms with van der Waals surface area (Å²) < 4.78 is 1.16. The van der Waals surface area contributed by atoms with Gasteiger partial charge in [-0.05, 0) is 29.8 Å². The standard InChI is InChI=1S/C14H11ClN2S/c15-10-5-3-4-9(8-10)13(16)14-17-11-6-1-2-7-12(11)18-14/h1-8,13H,16H2. The Hall–Kier alpha value is -1.42. The number of fused-ring (bicyclic) bond motifs is 1. The fourth-order valence-corrected chi connectivity index (χ4v) is 3.06. The summed E-state index contributed by atoms with van der Waals surface area (Å²) in [5.41, 5.74) is 8.22. The molecule has 1 heterocycles. The number of nitrogens with two attached hydrogens (primary N) is 1. The fraction of sp³-hybridized carbons (Fsp3) is 0.0714. The third kappa shape index (κ3) is 2.12. The number of benzene rings is 2. The van der Waals surface area contributed by atoms with Crippen molar-refractivity contribution in [2.75, 3.05) is 0 Å². The molecule has 1 atom stereocenters. The second-order valence-electron chi connectivity index (χ2n) is 4.05. The van der Waals surface area contributed by atoms with E-state index in [0.29, 0.717) is 5.02 Å². The molecule has 3 aromatic rings. The number of aromatic nitrogens is 1. The van der Waals surface area contributed by atoms with Crippen molar-refractivity contribution in [2.45, 2.75) is 6.04 Å². The number of rotatable bonds is 2. The molecule has 0 amide bonds. The van der Waals surface area contributed by atoms with Crippen molar-refractivity contribution in [3.8, 4) is 0 Å². The van der Waals surface area contributed by atoms with Gasteiger partial charge in [-0.2, -0.15) is 0 Å². The van der Waals surface area contributed by atoms with Gasteiger partial charge >= 0.3 is 0 Å². The summed E-state index contributed by atoms with van der Waals surface area (Å²) in [6.45, 7) is 0. The molecule has 1 unspecified atom stereocenters. The number of halogens is 1. The van der Waals surface area contributed by atoms with Crippen LogP contribution in [0.5, 0.6) is 0 Å². The Morgan fingerprint density at radius 2 is 1.94 bits per heavy atom. The van der Waals surface area contributed by atoms with Gasteiger partial charge in [0.15, 0.2) is 0 Å². The topological polar surface area (TPSA) is 38.9 Å². The van der Waals surface area contributed by atoms with E-state index in [9.17, 15) is 0 Å². The van der Waals surface area contributed by atoms with Crippen LogP contribution in [0.2, 0.25) is 5.02 Å². The molecule has 0 aliphatic carbocycles. The van der Waals surface area contributed by atoms with Crippen LogP contribution in [0.15, 0.2) is 48.5 Å². The summed E-state index contributed by atoms with van der Waals surface area (Å²) in [6, 6.07) is 15.4. The van der Waals surface area contributed by atoms with Gasteiger partial charge in [0.2, 0.25) is 0 Å². The van der Waals surface area contributed by atoms with E-state index < -0.39 is 0 Å². The lowest BCUT2D eigenvalue weighted by atomic mass is 10.1. The molecule has 0 radical (unpaired) electrons. The first-order chi connectivity index (χ1) is 8.74. The third-order valence-corrected chi connectivity index (χ3v) is 4.14. The first-order valence-electron chi connectivity index (χ1n) is 5.60. The quantitative estimate of drug-likeness (QED) is 0.767. The molecule has 0 aliphatic rings. The van der Waals surface area contributed by atoms with Crippen molar-refractivity contribution in [1.29, 1.82) is 0 Å². The molecule has 0 spiro atoms. The Morgan fingerprint density at radius 3 is 2.72 bits per heavy atom. The number of nitrogens with zero attached hydrogens (tertiary/aromatic N) is 1. The first-order valence-corrected chi connectivity index (χ1v) is 6.80. The van der Waals surface area contributed by atoms with Crippen LogP contribution in [0, 0.1) is 0 Å². The Labute approximate surface area is 114 Å². The number of thiazole rings is 1. The lowest BCUT2D eigenvalue weighted by Crippen LogP contribution is -2.11. The molecular formula is C14H11ClN2S. The summed E-state index contributed by atoms with van der Waals surface area (Å²) in [6.07, 6.45) is 0. The largest absolute Gasteiger partial charge is 0.318 e. The molecule has 2 aromatic carbocycles. The molecular weight excluding hydrogens is 264 g/mol. The van der Waals surface area contributed by atoms with E-state index >= 15 is 0 Å². The number of hydrogen-bond acceptors (Lipinski definition) is 3. The van der Waals surface area contributed by atoms with Crippen LogP contribution in [-0.4, -0.2) is 4.98 Å². The Balaban J connectivity index is 2.03. The molecule has 0 saturated heterocycles. The van der Waals surface area contributed by atoms with Crippen LogP contribution in [0.1, 0.15) is 16.6 Å². The van der Waals surface area contributed by atoms with E-state index in [1.165, 1.54) is 0 Å². The van der Waals surface area contributed by atoms with E-state index in [1.807, 2.05) is 42.5 Å². The van der Waals surface area contributed by atoms with Crippen LogP contribution in [0.4, 0.5) is 0 Å². The van der Waals surface area contributed by atoms with Crippen molar-refractivity contribution in [2.24, 2.45) is 5.73 Å². The van der Waals surface area contributed by atoms with Gasteiger partial charge < -0.3 is 5.73 Å². The van der Waals surface area contributed by atoms with Crippen LogP contribution in [-0.2, 0) is 0 Å². The predicted molar refractivity (Wildman–Crippen MR) is 77.1 cm³/mol. The molecule has 0 bridgehead atoms. The molecule has 0 fully saturated rings. The summed E-state index contributed by atoms with van der Waals surface area (Å²) in [5.74, 6) is 0. The molecule has 4 heteroatoms. The van der Waals surface area contributed by atoms with Gasteiger partial charge in [-0.25, -0.2) is 4.98 Å². The third-order valence-electron chi connectivity index (χ3n) is 2.78. The van der Waals surface area contributed by atoms with Crippen molar-refractivity contribution in [1.82, 2.24) is 4.98 Å². The molecule has 0 aliphatic heterocycles.